The van der Waals surface area contributed by atoms with Gasteiger partial charge in [-0.1, -0.05) is 65.9 Å². The van der Waals surface area contributed by atoms with E-state index < -0.39 is 137 Å². The molecule has 17 atom stereocenters. The molecule has 10 N–H and O–H groups in total. The summed E-state index contributed by atoms with van der Waals surface area (Å²) in [7, 11) is 6.21. The van der Waals surface area contributed by atoms with Crippen molar-refractivity contribution in [2.75, 3.05) is 179 Å². The number of aliphatic hydroxyl groups is 1. The van der Waals surface area contributed by atoms with E-state index >= 15 is 13.6 Å². The van der Waals surface area contributed by atoms with Crippen molar-refractivity contribution >= 4 is 53.1 Å². The normalized spacial score (nSPS) is 28.2. The number of likely N-dealkylation sites (N-methyl/N-ethyl adjacent to an activating group) is 1. The number of nitrogens with one attached hydrogen (secondary N) is 9. The molecule has 1 heterocycles. The molecule has 1 aliphatic heterocycles. The number of unbranched alkanes of at least 4 members (excludes halogenated alkanes) is 2. The highest BCUT2D eigenvalue weighted by molar-refractivity contribution is 6.01. The van der Waals surface area contributed by atoms with Gasteiger partial charge in [0.05, 0.1) is 165 Å². The molecular formula is C88H142F2N11O22+. The first-order valence-corrected chi connectivity index (χ1v) is 44.8. The van der Waals surface area contributed by atoms with Gasteiger partial charge in [0, 0.05) is 67.8 Å². The number of Topliss-reactive ketones (excluding diaryl/α,β-unsaturated/α-hetero) is 1. The summed E-state index contributed by atoms with van der Waals surface area (Å²) in [4.78, 5) is 121. The Hall–Kier alpha value is -7.05. The lowest BCUT2D eigenvalue weighted by molar-refractivity contribution is -0.869. The van der Waals surface area contributed by atoms with Gasteiger partial charge in [-0.05, 0) is 132 Å². The minimum absolute atomic E-state index is 0.0115. The number of amides is 7. The molecule has 2 unspecified atom stereocenters. The summed E-state index contributed by atoms with van der Waals surface area (Å²) in [6, 6.07) is -3.65. The van der Waals surface area contributed by atoms with Gasteiger partial charge in [0.15, 0.2) is 29.1 Å². The van der Waals surface area contributed by atoms with Crippen molar-refractivity contribution in [3.8, 4) is 11.8 Å². The van der Waals surface area contributed by atoms with E-state index in [2.05, 4.69) is 80.6 Å². The first kappa shape index (κ1) is 101. The molecule has 123 heavy (non-hydrogen) atoms. The van der Waals surface area contributed by atoms with Gasteiger partial charge in [0.1, 0.15) is 42.7 Å². The van der Waals surface area contributed by atoms with E-state index in [4.69, 9.17) is 62.4 Å². The first-order chi connectivity index (χ1) is 59.0. The minimum Gasteiger partial charge on any atom is -0.449 e. The van der Waals surface area contributed by atoms with Gasteiger partial charge >= 0.3 is 6.09 Å². The van der Waals surface area contributed by atoms with Crippen LogP contribution in [-0.2, 0) is 95.2 Å². The molecule has 35 heteroatoms. The van der Waals surface area contributed by atoms with Crippen molar-refractivity contribution in [3.05, 3.63) is 35.2 Å². The van der Waals surface area contributed by atoms with Crippen molar-refractivity contribution in [2.45, 2.75) is 230 Å². The topological polar surface area (TPSA) is 417 Å². The Morgan fingerprint density at radius 3 is 1.91 bits per heavy atom. The van der Waals surface area contributed by atoms with Crippen molar-refractivity contribution in [3.63, 3.8) is 0 Å². The van der Waals surface area contributed by atoms with Crippen LogP contribution >= 0.6 is 0 Å². The van der Waals surface area contributed by atoms with Gasteiger partial charge in [-0.25, -0.2) is 19.1 Å². The number of hydrogen-bond donors (Lipinski definition) is 10. The van der Waals surface area contributed by atoms with Crippen LogP contribution in [0, 0.1) is 63.7 Å². The van der Waals surface area contributed by atoms with Crippen LogP contribution in [0.15, 0.2) is 40.3 Å². The summed E-state index contributed by atoms with van der Waals surface area (Å²) < 4.78 is 105. The van der Waals surface area contributed by atoms with Gasteiger partial charge in [-0.3, -0.25) is 38.4 Å². The Balaban J connectivity index is 0.759. The fourth-order valence-corrected chi connectivity index (χ4v) is 18.4. The quantitative estimate of drug-likeness (QED) is 0.0149. The Labute approximate surface area is 724 Å². The lowest BCUT2D eigenvalue weighted by atomic mass is 9.44. The number of aliphatic hydroxyl groups excluding tert-OH is 1. The number of ketones is 2. The van der Waals surface area contributed by atoms with E-state index in [0.717, 1.165) is 67.7 Å². The molecular weight excluding hydrogens is 1600 g/mol. The number of hydrogen-bond acceptors (Lipinski definition) is 25. The van der Waals surface area contributed by atoms with Crippen molar-refractivity contribution in [2.24, 2.45) is 51.5 Å². The summed E-state index contributed by atoms with van der Waals surface area (Å²) >= 11 is 0. The number of quaternary nitrogens is 1. The Morgan fingerprint density at radius 1 is 0.683 bits per heavy atom. The molecule has 7 aliphatic carbocycles. The second kappa shape index (κ2) is 51.1. The van der Waals surface area contributed by atoms with E-state index in [9.17, 15) is 43.5 Å². The van der Waals surface area contributed by atoms with Gasteiger partial charge in [-0.2, -0.15) is 5.11 Å². The summed E-state index contributed by atoms with van der Waals surface area (Å²) in [6.07, 6.45) is 7.31. The maximum Gasteiger partial charge on any atom is 0.407 e. The maximum atomic E-state index is 18.2. The largest absolute Gasteiger partial charge is 0.449 e. The third-order valence-electron chi connectivity index (χ3n) is 25.1. The third-order valence-corrected chi connectivity index (χ3v) is 25.1. The zero-order chi connectivity index (χ0) is 89.0. The highest BCUT2D eigenvalue weighted by atomic mass is 19.1. The summed E-state index contributed by atoms with van der Waals surface area (Å²) in [5.41, 5.74) is 2.06. The van der Waals surface area contributed by atoms with Crippen molar-refractivity contribution < 1.29 is 118 Å². The number of carbonyl (C=O) groups is 9. The highest BCUT2D eigenvalue weighted by Gasteiger charge is 2.80. The number of allylic oxidation sites excluding steroid dienone is 5. The van der Waals surface area contributed by atoms with Gasteiger partial charge in [-0.15, -0.1) is 11.8 Å². The molecule has 5 fully saturated rings. The summed E-state index contributed by atoms with van der Waals surface area (Å²) in [6.45, 7) is 16.7. The number of rotatable bonds is 58. The SMILES string of the molecule is CCCC1O[C@@H]2C[C@H]3[C@@H]4C[C@H](F)C5=CC(=O)C=C[C@]5(C)[C@@]4(F)[C@@H](O)C[C@]3(C)[C@]2(C(=O)CNC(=O)[C@H](C)NC(=O)[C@@H](NC(=O)[C@@H](CCCCCNC(=O)COC2CCCCC/C(NCCOCCOCCOCCOCCC(=O)NCC[N+](C)(C)C)=C\2N=N)NC(=O)CCOCCOCCOCCOCCNC(=O)OC[C@@H]2[C@@H]3CCC#CCC[C@@H]32)C(C)C)O1. The van der Waals surface area contributed by atoms with Crippen LogP contribution in [0.4, 0.5) is 13.6 Å². The molecule has 4 saturated carbocycles. The van der Waals surface area contributed by atoms with E-state index in [0.29, 0.717) is 180 Å². The number of ether oxygens (including phenoxy) is 12. The molecule has 8 aliphatic rings. The highest BCUT2D eigenvalue weighted by Crippen LogP contribution is 2.72. The maximum absolute atomic E-state index is 18.2. The monoisotopic (exact) mass is 1740 g/mol. The molecule has 0 spiro atoms. The van der Waals surface area contributed by atoms with Crippen LogP contribution in [0.3, 0.4) is 0 Å². The van der Waals surface area contributed by atoms with E-state index in [-0.39, 0.29) is 89.1 Å². The van der Waals surface area contributed by atoms with Crippen molar-refractivity contribution in [1.29, 1.82) is 5.53 Å². The Morgan fingerprint density at radius 2 is 1.29 bits per heavy atom. The number of alkyl halides is 2. The molecule has 33 nitrogen and oxygen atoms in total. The van der Waals surface area contributed by atoms with Crippen LogP contribution in [0.1, 0.15) is 170 Å². The number of fused-ring (bicyclic) bond motifs is 8. The fourth-order valence-electron chi connectivity index (χ4n) is 18.4. The molecule has 8 rings (SSSR count). The second-order valence-corrected chi connectivity index (χ2v) is 35.2. The zero-order valence-corrected chi connectivity index (χ0v) is 74.1. The average molecular weight is 1740 g/mol. The van der Waals surface area contributed by atoms with E-state index in [1.54, 1.807) is 20.8 Å². The van der Waals surface area contributed by atoms with Crippen LogP contribution in [0.5, 0.6) is 0 Å². The summed E-state index contributed by atoms with van der Waals surface area (Å²) in [5.74, 6) is 1.39. The fraction of sp³-hybridized carbons (Fsp3) is 0.807. The predicted octanol–water partition coefficient (Wildman–Crippen LogP) is 5.77. The summed E-state index contributed by atoms with van der Waals surface area (Å²) in [5, 5.41) is 38.8. The van der Waals surface area contributed by atoms with Crippen LogP contribution in [0.2, 0.25) is 0 Å². The van der Waals surface area contributed by atoms with Crippen LogP contribution < -0.4 is 42.5 Å². The molecule has 0 bridgehead atoms. The standard InChI is InChI=1S/C88H141F2N11O22/c1-10-21-78-122-74-54-65-66-53-68(89)67-52-61(102)27-30-85(67,5)87(66,90)72(103)55-86(65,6)88(74,123-78)73(104)56-96-81(108)60(4)97-83(110)79(59(2)3)99-82(109)70(98-76(106)29-37-113-41-45-117-49-51-119-47-43-115-39-34-95-84(111)121-57-64-62-22-15-11-12-16-23-63(62)64)25-18-14-20-31-93-77(107)58-120-71-26-19-13-17-24-69(80(71)100-91)92-33-38-114-42-46-118-50-48-116-44-40-112-36-28-75(105)94-32-35-101(7,8)9/h27,30,52,59-60,62-66,68,70-72,74,78-79,103H,10,13-26,28-29,31-51,53-58H2,1-9H3,(H8-,91,92,93,94,95,96,97,98,99,105,106,107,108,109,110,111)/p+1/t60-,62-,63+,64-,65-,66-,68-,70+,71?,72-,74+,78?,79-,85-,86-,87-,88+/m0/s1. The second-order valence-electron chi connectivity index (χ2n) is 35.2. The Kier molecular flexibility index (Phi) is 42.1. The zero-order valence-electron chi connectivity index (χ0n) is 74.1. The number of nitrogens with zero attached hydrogens (tertiary/aromatic N) is 2. The third kappa shape index (κ3) is 29.8. The predicted molar refractivity (Wildman–Crippen MR) is 448 cm³/mol. The average Bonchev–Trinajstić information content (AvgIpc) is 1.49. The van der Waals surface area contributed by atoms with Crippen LogP contribution in [-0.4, -0.2) is 302 Å². The lowest BCUT2D eigenvalue weighted by Crippen LogP contribution is -2.71. The molecule has 0 aromatic carbocycles. The molecule has 0 aromatic heterocycles. The van der Waals surface area contributed by atoms with Crippen LogP contribution in [0.25, 0.3) is 0 Å². The molecule has 7 amide bonds. The molecule has 0 radical (unpaired) electrons. The van der Waals surface area contributed by atoms with E-state index in [1.165, 1.54) is 26.0 Å². The number of alkyl carbamates (subject to hydrolysis) is 1. The number of carbonyl (C=O) groups excluding carboxylic acids is 9. The van der Waals surface area contributed by atoms with Gasteiger partial charge in [0.2, 0.25) is 35.4 Å². The smallest absolute Gasteiger partial charge is 0.407 e. The minimum atomic E-state index is -2.43. The molecule has 1 saturated heterocycles. The molecule has 694 valence electrons. The Bertz CT molecular complexity index is 3580. The van der Waals surface area contributed by atoms with Gasteiger partial charge < -0.3 is 109 Å². The van der Waals surface area contributed by atoms with Crippen molar-refractivity contribution in [1.82, 2.24) is 42.5 Å². The lowest BCUT2D eigenvalue weighted by Gasteiger charge is -2.63. The van der Waals surface area contributed by atoms with Gasteiger partial charge in [0.25, 0.3) is 0 Å². The molecule has 0 aromatic rings. The first-order valence-electron chi connectivity index (χ1n) is 44.8. The van der Waals surface area contributed by atoms with E-state index in [1.807, 2.05) is 6.92 Å². The number of halogens is 2.